The highest BCUT2D eigenvalue weighted by Crippen LogP contribution is 2.41. The lowest BCUT2D eigenvalue weighted by Gasteiger charge is -2.09. The van der Waals surface area contributed by atoms with Crippen LogP contribution in [0.2, 0.25) is 0 Å². The molecular weight excluding hydrogens is 945 g/mol. The number of methoxy groups -OCH3 is 1. The molecule has 352 valence electrons. The van der Waals surface area contributed by atoms with Gasteiger partial charge in [0, 0.05) is 62.0 Å². The van der Waals surface area contributed by atoms with Crippen molar-refractivity contribution in [3.8, 4) is 22.3 Å². The Morgan fingerprint density at radius 1 is 0.588 bits per heavy atom. The summed E-state index contributed by atoms with van der Waals surface area (Å²) >= 11 is 2.18. The molecule has 0 spiro atoms. The van der Waals surface area contributed by atoms with Gasteiger partial charge in [0.15, 0.2) is 0 Å². The molecule has 1 amide bonds. The number of benzene rings is 6. The van der Waals surface area contributed by atoms with Crippen LogP contribution in [0.25, 0.3) is 42.4 Å². The van der Waals surface area contributed by atoms with Crippen LogP contribution >= 0.6 is 22.7 Å². The summed E-state index contributed by atoms with van der Waals surface area (Å²) < 4.78 is 148. The highest BCUT2D eigenvalue weighted by Gasteiger charge is 2.31. The van der Waals surface area contributed by atoms with Crippen LogP contribution in [0.4, 0.5) is 43.9 Å². The Hall–Kier alpha value is -6.56. The van der Waals surface area contributed by atoms with Crippen molar-refractivity contribution in [2.45, 2.75) is 32.1 Å². The SMILES string of the molecule is CCOC(=O)c1cc(F)cc(-c2cccc3c(F)c(Cc4cccc(C(F)(F)F)c4)sc23)c1.COCCNC(=O)c1cc(F)cc(-c2cccc3c(F)c(Cc4cccc(C(F)(F)F)c4)sc23)c1. The molecule has 0 atom stereocenters. The number of thiophene rings is 2. The maximum absolute atomic E-state index is 15.2. The molecular formula is C51H37F10NO4S2. The Kier molecular flexibility index (Phi) is 15.1. The van der Waals surface area contributed by atoms with Crippen molar-refractivity contribution in [2.75, 3.05) is 26.9 Å². The van der Waals surface area contributed by atoms with Crippen molar-refractivity contribution >= 4 is 54.7 Å². The van der Waals surface area contributed by atoms with Crippen LogP contribution in [0.5, 0.6) is 0 Å². The summed E-state index contributed by atoms with van der Waals surface area (Å²) in [7, 11) is 1.49. The number of carbonyl (C=O) groups excluding carboxylic acids is 2. The van der Waals surface area contributed by atoms with Gasteiger partial charge in [0.05, 0.1) is 29.9 Å². The fraction of sp³-hybridized carbons (Fsp3) is 0.176. The molecule has 0 radical (unpaired) electrons. The molecule has 2 aromatic heterocycles. The first-order valence-electron chi connectivity index (χ1n) is 20.6. The van der Waals surface area contributed by atoms with Gasteiger partial charge in [-0.2, -0.15) is 26.3 Å². The number of hydrogen-bond acceptors (Lipinski definition) is 6. The Labute approximate surface area is 390 Å². The predicted molar refractivity (Wildman–Crippen MR) is 243 cm³/mol. The van der Waals surface area contributed by atoms with E-state index < -0.39 is 58.6 Å². The number of nitrogens with one attached hydrogen (secondary N) is 1. The first-order chi connectivity index (χ1) is 32.3. The standard InChI is InChI=1S/C26H20F5NO2S.C25H17F5O2S/c1-34-9-8-32-25(33)17-12-16(13-19(27)14-17)20-6-3-7-21-23(28)22(35-24(20)21)11-15-4-2-5-18(10-15)26(29,30)31;1-2-32-24(31)16-11-15(12-18(26)13-16)19-7-4-8-20-22(27)21(33-23(19)20)10-14-5-3-6-17(9-14)25(28,29)30/h2-7,10,12-14H,8-9,11H2,1H3,(H,32,33);3-9,11-13H,2,10H2,1H3. The highest BCUT2D eigenvalue weighted by molar-refractivity contribution is 7.20. The van der Waals surface area contributed by atoms with Gasteiger partial charge in [-0.1, -0.05) is 72.8 Å². The molecule has 0 unspecified atom stereocenters. The zero-order valence-corrected chi connectivity index (χ0v) is 37.4. The molecule has 0 saturated heterocycles. The molecule has 5 nitrogen and oxygen atoms in total. The predicted octanol–water partition coefficient (Wildman–Crippen LogP) is 14.5. The highest BCUT2D eigenvalue weighted by atomic mass is 32.1. The molecule has 0 bridgehead atoms. The number of ether oxygens (including phenoxy) is 2. The molecule has 8 rings (SSSR count). The zero-order chi connectivity index (χ0) is 48.9. The molecule has 8 aromatic rings. The Morgan fingerprint density at radius 2 is 1.04 bits per heavy atom. The van der Waals surface area contributed by atoms with E-state index in [9.17, 15) is 44.7 Å². The van der Waals surface area contributed by atoms with E-state index >= 15 is 8.78 Å². The van der Waals surface area contributed by atoms with Gasteiger partial charge in [-0.25, -0.2) is 22.4 Å². The fourth-order valence-electron chi connectivity index (χ4n) is 7.37. The van der Waals surface area contributed by atoms with Crippen LogP contribution in [0, 0.1) is 23.3 Å². The summed E-state index contributed by atoms with van der Waals surface area (Å²) in [6, 6.07) is 26.9. The maximum atomic E-state index is 15.2. The quantitative estimate of drug-likeness (QED) is 0.0753. The van der Waals surface area contributed by atoms with Crippen molar-refractivity contribution in [3.05, 3.63) is 188 Å². The molecule has 68 heavy (non-hydrogen) atoms. The van der Waals surface area contributed by atoms with Gasteiger partial charge < -0.3 is 14.8 Å². The van der Waals surface area contributed by atoms with Crippen molar-refractivity contribution < 1.29 is 63.0 Å². The second-order valence-corrected chi connectivity index (χ2v) is 17.4. The van der Waals surface area contributed by atoms with E-state index in [4.69, 9.17) is 9.47 Å². The van der Waals surface area contributed by atoms with E-state index in [0.29, 0.717) is 49.4 Å². The average Bonchev–Trinajstić information content (AvgIpc) is 3.79. The lowest BCUT2D eigenvalue weighted by Crippen LogP contribution is -2.27. The second-order valence-electron chi connectivity index (χ2n) is 15.2. The third kappa shape index (κ3) is 11.4. The smallest absolute Gasteiger partial charge is 0.416 e. The van der Waals surface area contributed by atoms with Gasteiger partial charge in [0.1, 0.15) is 23.3 Å². The summed E-state index contributed by atoms with van der Waals surface area (Å²) in [5, 5.41) is 3.19. The van der Waals surface area contributed by atoms with Gasteiger partial charge in [0.2, 0.25) is 0 Å². The lowest BCUT2D eigenvalue weighted by molar-refractivity contribution is -0.138. The summed E-state index contributed by atoms with van der Waals surface area (Å²) in [4.78, 5) is 25.0. The van der Waals surface area contributed by atoms with Gasteiger partial charge in [-0.3, -0.25) is 4.79 Å². The normalized spacial score (nSPS) is 11.7. The van der Waals surface area contributed by atoms with E-state index in [-0.39, 0.29) is 57.6 Å². The molecule has 0 aliphatic heterocycles. The number of hydrogen-bond donors (Lipinski definition) is 1. The lowest BCUT2D eigenvalue weighted by atomic mass is 10.0. The van der Waals surface area contributed by atoms with Gasteiger partial charge in [-0.15, -0.1) is 22.7 Å². The number of fused-ring (bicyclic) bond motifs is 2. The summed E-state index contributed by atoms with van der Waals surface area (Å²) in [5.74, 6) is -3.48. The van der Waals surface area contributed by atoms with Crippen LogP contribution in [-0.2, 0) is 34.7 Å². The zero-order valence-electron chi connectivity index (χ0n) is 35.8. The minimum atomic E-state index is -4.49. The Balaban J connectivity index is 0.000000202. The second kappa shape index (κ2) is 20.8. The molecule has 1 N–H and O–H groups in total. The molecule has 17 heteroatoms. The van der Waals surface area contributed by atoms with Crippen LogP contribution in [0.1, 0.15) is 59.6 Å². The van der Waals surface area contributed by atoms with Gasteiger partial charge >= 0.3 is 18.3 Å². The minimum absolute atomic E-state index is 0.0221. The Bertz CT molecular complexity index is 3140. The number of halogens is 10. The van der Waals surface area contributed by atoms with E-state index in [0.717, 1.165) is 59.1 Å². The molecule has 0 saturated carbocycles. The number of rotatable bonds is 12. The molecule has 0 aliphatic rings. The first kappa shape index (κ1) is 49.3. The fourth-order valence-corrected chi connectivity index (χ4v) is 9.86. The van der Waals surface area contributed by atoms with E-state index in [1.54, 1.807) is 43.3 Å². The maximum Gasteiger partial charge on any atom is 0.416 e. The molecule has 2 heterocycles. The monoisotopic (exact) mass is 981 g/mol. The van der Waals surface area contributed by atoms with Crippen LogP contribution < -0.4 is 5.32 Å². The van der Waals surface area contributed by atoms with Crippen molar-refractivity contribution in [3.63, 3.8) is 0 Å². The van der Waals surface area contributed by atoms with Crippen molar-refractivity contribution in [2.24, 2.45) is 0 Å². The van der Waals surface area contributed by atoms with Crippen molar-refractivity contribution in [1.82, 2.24) is 5.32 Å². The number of esters is 1. The summed E-state index contributed by atoms with van der Waals surface area (Å²) in [6.07, 6.45) is -9.03. The van der Waals surface area contributed by atoms with Crippen LogP contribution in [0.3, 0.4) is 0 Å². The van der Waals surface area contributed by atoms with E-state index in [2.05, 4.69) is 5.32 Å². The van der Waals surface area contributed by atoms with Crippen molar-refractivity contribution in [1.29, 1.82) is 0 Å². The van der Waals surface area contributed by atoms with Crippen LogP contribution in [-0.4, -0.2) is 38.7 Å². The number of amides is 1. The topological polar surface area (TPSA) is 64.6 Å². The Morgan fingerprint density at radius 3 is 1.50 bits per heavy atom. The molecule has 0 fully saturated rings. The largest absolute Gasteiger partial charge is 0.462 e. The van der Waals surface area contributed by atoms with E-state index in [1.165, 1.54) is 55.6 Å². The third-order valence-corrected chi connectivity index (χ3v) is 12.9. The van der Waals surface area contributed by atoms with Gasteiger partial charge in [0.25, 0.3) is 5.91 Å². The van der Waals surface area contributed by atoms with E-state index in [1.807, 2.05) is 0 Å². The summed E-state index contributed by atoms with van der Waals surface area (Å²) in [6.45, 7) is 2.33. The number of carbonyl (C=O) groups is 2. The molecule has 6 aromatic carbocycles. The first-order valence-corrected chi connectivity index (χ1v) is 22.3. The third-order valence-electron chi connectivity index (χ3n) is 10.5. The number of alkyl halides is 6. The average molecular weight is 982 g/mol. The van der Waals surface area contributed by atoms with Gasteiger partial charge in [-0.05, 0) is 88.8 Å². The molecule has 0 aliphatic carbocycles. The minimum Gasteiger partial charge on any atom is -0.462 e. The van der Waals surface area contributed by atoms with Crippen LogP contribution in [0.15, 0.2) is 121 Å². The summed E-state index contributed by atoms with van der Waals surface area (Å²) in [5.41, 5.74) is 0.986.